The summed E-state index contributed by atoms with van der Waals surface area (Å²) in [5.74, 6) is -5.08. The average Bonchev–Trinajstić information content (AvgIpc) is 2.42. The second-order valence-corrected chi connectivity index (χ2v) is 5.38. The van der Waals surface area contributed by atoms with Gasteiger partial charge in [0.1, 0.15) is 0 Å². The van der Waals surface area contributed by atoms with Crippen LogP contribution in [-0.2, 0) is 0 Å². The molecule has 0 saturated heterocycles. The molecular weight excluding hydrogens is 406 g/mol. The highest BCUT2D eigenvalue weighted by Gasteiger charge is 2.16. The fourth-order valence-electron chi connectivity index (χ4n) is 1.45. The highest BCUT2D eigenvalue weighted by molar-refractivity contribution is 14.1. The van der Waals surface area contributed by atoms with Crippen molar-refractivity contribution >= 4 is 45.8 Å². The van der Waals surface area contributed by atoms with Crippen molar-refractivity contribution in [2.75, 3.05) is 5.32 Å². The molecule has 0 unspecified atom stereocenters. The summed E-state index contributed by atoms with van der Waals surface area (Å²) in [6.07, 6.45) is 0. The van der Waals surface area contributed by atoms with E-state index >= 15 is 0 Å². The van der Waals surface area contributed by atoms with E-state index < -0.39 is 29.0 Å². The van der Waals surface area contributed by atoms with Gasteiger partial charge in [-0.1, -0.05) is 11.6 Å². The lowest BCUT2D eigenvalue weighted by Crippen LogP contribution is -2.14. The molecule has 104 valence electrons. The van der Waals surface area contributed by atoms with Gasteiger partial charge < -0.3 is 5.32 Å². The van der Waals surface area contributed by atoms with Crippen LogP contribution in [0.25, 0.3) is 0 Å². The molecule has 0 atom stereocenters. The quantitative estimate of drug-likeness (QED) is 0.567. The van der Waals surface area contributed by atoms with E-state index in [2.05, 4.69) is 5.32 Å². The Morgan fingerprint density at radius 1 is 1.10 bits per heavy atom. The Morgan fingerprint density at radius 2 is 1.80 bits per heavy atom. The van der Waals surface area contributed by atoms with Crippen LogP contribution in [-0.4, -0.2) is 5.91 Å². The molecule has 0 bridgehead atoms. The predicted molar refractivity (Wildman–Crippen MR) is 78.4 cm³/mol. The third-order valence-corrected chi connectivity index (χ3v) is 4.04. The van der Waals surface area contributed by atoms with Gasteiger partial charge in [-0.25, -0.2) is 13.2 Å². The summed E-state index contributed by atoms with van der Waals surface area (Å²) in [6.45, 7) is 0. The van der Waals surface area contributed by atoms with Crippen LogP contribution >= 0.6 is 34.2 Å². The minimum Gasteiger partial charge on any atom is -0.319 e. The summed E-state index contributed by atoms with van der Waals surface area (Å²) in [5, 5.41) is 2.52. The van der Waals surface area contributed by atoms with Crippen molar-refractivity contribution in [3.63, 3.8) is 0 Å². The van der Waals surface area contributed by atoms with E-state index in [0.29, 0.717) is 5.02 Å². The maximum Gasteiger partial charge on any atom is 0.255 e. The molecule has 0 saturated carbocycles. The van der Waals surface area contributed by atoms with E-state index in [-0.39, 0.29) is 5.56 Å². The molecule has 1 N–H and O–H groups in total. The van der Waals surface area contributed by atoms with Crippen LogP contribution < -0.4 is 5.32 Å². The molecule has 0 aliphatic carbocycles. The van der Waals surface area contributed by atoms with Crippen molar-refractivity contribution in [1.29, 1.82) is 0 Å². The molecule has 1 amide bonds. The van der Waals surface area contributed by atoms with Crippen LogP contribution in [0.15, 0.2) is 30.3 Å². The largest absolute Gasteiger partial charge is 0.319 e. The molecule has 0 aliphatic rings. The fourth-order valence-corrected chi connectivity index (χ4v) is 1.97. The van der Waals surface area contributed by atoms with Gasteiger partial charge in [0.25, 0.3) is 5.91 Å². The molecule has 2 aromatic carbocycles. The van der Waals surface area contributed by atoms with E-state index in [1.54, 1.807) is 6.07 Å². The zero-order valence-electron chi connectivity index (χ0n) is 9.68. The number of amides is 1. The summed E-state index contributed by atoms with van der Waals surface area (Å²) in [6, 6.07) is 6.17. The number of hydrogen-bond donors (Lipinski definition) is 1. The number of nitrogens with one attached hydrogen (secondary N) is 1. The van der Waals surface area contributed by atoms with Crippen LogP contribution in [0.1, 0.15) is 10.4 Å². The fraction of sp³-hybridized carbons (Fsp3) is 0. The molecule has 0 heterocycles. The van der Waals surface area contributed by atoms with Crippen molar-refractivity contribution in [2.24, 2.45) is 0 Å². The van der Waals surface area contributed by atoms with Gasteiger partial charge in [-0.3, -0.25) is 4.79 Å². The van der Waals surface area contributed by atoms with Crippen LogP contribution in [0.2, 0.25) is 5.02 Å². The number of rotatable bonds is 2. The molecule has 2 rings (SSSR count). The first kappa shape index (κ1) is 15.1. The summed E-state index contributed by atoms with van der Waals surface area (Å²) in [4.78, 5) is 11.9. The van der Waals surface area contributed by atoms with Crippen LogP contribution in [0.5, 0.6) is 0 Å². The standard InChI is InChI=1S/C13H6ClF3INO/c14-7-5-6(1-3-9(7)18)13(20)19-10-4-2-8(15)11(16)12(10)17/h1-5H,(H,19,20). The number of benzene rings is 2. The number of anilines is 1. The molecule has 2 nitrogen and oxygen atoms in total. The Morgan fingerprint density at radius 3 is 2.45 bits per heavy atom. The van der Waals surface area contributed by atoms with E-state index in [1.165, 1.54) is 12.1 Å². The number of carbonyl (C=O) groups is 1. The smallest absolute Gasteiger partial charge is 0.255 e. The first-order chi connectivity index (χ1) is 9.40. The second kappa shape index (κ2) is 6.01. The molecular formula is C13H6ClF3INO. The second-order valence-electron chi connectivity index (χ2n) is 3.81. The van der Waals surface area contributed by atoms with Gasteiger partial charge in [-0.2, -0.15) is 0 Å². The first-order valence-electron chi connectivity index (χ1n) is 5.30. The van der Waals surface area contributed by atoms with Crippen molar-refractivity contribution in [3.8, 4) is 0 Å². The Kier molecular flexibility index (Phi) is 4.54. The van der Waals surface area contributed by atoms with E-state index in [9.17, 15) is 18.0 Å². The van der Waals surface area contributed by atoms with Crippen molar-refractivity contribution in [1.82, 2.24) is 0 Å². The molecule has 20 heavy (non-hydrogen) atoms. The van der Waals surface area contributed by atoms with E-state index in [0.717, 1.165) is 15.7 Å². The normalized spacial score (nSPS) is 10.4. The van der Waals surface area contributed by atoms with Gasteiger partial charge in [-0.15, -0.1) is 0 Å². The first-order valence-corrected chi connectivity index (χ1v) is 6.75. The number of carbonyl (C=O) groups excluding carboxylic acids is 1. The van der Waals surface area contributed by atoms with Gasteiger partial charge in [-0.05, 0) is 52.9 Å². The SMILES string of the molecule is O=C(Nc1ccc(F)c(F)c1F)c1ccc(I)c(Cl)c1. The minimum absolute atomic E-state index is 0.180. The lowest BCUT2D eigenvalue weighted by atomic mass is 10.2. The highest BCUT2D eigenvalue weighted by atomic mass is 127. The third-order valence-electron chi connectivity index (χ3n) is 2.47. The van der Waals surface area contributed by atoms with Gasteiger partial charge in [0.15, 0.2) is 17.5 Å². The maximum atomic E-state index is 13.4. The molecule has 7 heteroatoms. The van der Waals surface area contributed by atoms with Crippen molar-refractivity contribution < 1.29 is 18.0 Å². The van der Waals surface area contributed by atoms with Crippen LogP contribution in [0.4, 0.5) is 18.9 Å². The number of halogens is 5. The van der Waals surface area contributed by atoms with Crippen molar-refractivity contribution in [2.45, 2.75) is 0 Å². The maximum absolute atomic E-state index is 13.4. The Hall–Kier alpha value is -1.28. The molecule has 0 fully saturated rings. The van der Waals surface area contributed by atoms with Crippen LogP contribution in [0, 0.1) is 21.0 Å². The zero-order chi connectivity index (χ0) is 14.9. The topological polar surface area (TPSA) is 29.1 Å². The molecule has 0 radical (unpaired) electrons. The molecule has 0 aliphatic heterocycles. The Balaban J connectivity index is 2.28. The van der Waals surface area contributed by atoms with E-state index in [4.69, 9.17) is 11.6 Å². The third kappa shape index (κ3) is 3.06. The Bertz CT molecular complexity index is 694. The highest BCUT2D eigenvalue weighted by Crippen LogP contribution is 2.22. The lowest BCUT2D eigenvalue weighted by molar-refractivity contribution is 0.102. The van der Waals surface area contributed by atoms with Crippen LogP contribution in [0.3, 0.4) is 0 Å². The van der Waals surface area contributed by atoms with Gasteiger partial charge in [0.05, 0.1) is 10.7 Å². The Labute approximate surface area is 131 Å². The monoisotopic (exact) mass is 411 g/mol. The number of hydrogen-bond acceptors (Lipinski definition) is 1. The molecule has 2 aromatic rings. The summed E-state index contributed by atoms with van der Waals surface area (Å²) in [5.41, 5.74) is -0.261. The van der Waals surface area contributed by atoms with Crippen molar-refractivity contribution in [3.05, 3.63) is 61.9 Å². The van der Waals surface area contributed by atoms with Gasteiger partial charge >= 0.3 is 0 Å². The summed E-state index contributed by atoms with van der Waals surface area (Å²) >= 11 is 7.85. The predicted octanol–water partition coefficient (Wildman–Crippen LogP) is 4.61. The molecule has 0 spiro atoms. The van der Waals surface area contributed by atoms with Gasteiger partial charge in [0, 0.05) is 9.13 Å². The van der Waals surface area contributed by atoms with E-state index in [1.807, 2.05) is 22.6 Å². The molecule has 0 aromatic heterocycles. The average molecular weight is 412 g/mol. The zero-order valence-corrected chi connectivity index (χ0v) is 12.6. The lowest BCUT2D eigenvalue weighted by Gasteiger charge is -2.08. The van der Waals surface area contributed by atoms with Gasteiger partial charge in [0.2, 0.25) is 0 Å². The summed E-state index contributed by atoms with van der Waals surface area (Å²) < 4.78 is 40.0. The minimum atomic E-state index is -1.64. The summed E-state index contributed by atoms with van der Waals surface area (Å²) in [7, 11) is 0.